The highest BCUT2D eigenvalue weighted by atomic mass is 16.5. The highest BCUT2D eigenvalue weighted by molar-refractivity contribution is 5.90. The predicted octanol–water partition coefficient (Wildman–Crippen LogP) is 2.74. The van der Waals surface area contributed by atoms with Crippen LogP contribution in [0.1, 0.15) is 18.7 Å². The normalized spacial score (nSPS) is 12.5. The molecule has 0 aliphatic carbocycles. The molecule has 2 aromatic rings. The molecule has 5 heteroatoms. The Morgan fingerprint density at radius 1 is 1.05 bits per heavy atom. The molecule has 1 aromatic carbocycles. The van der Waals surface area contributed by atoms with Crippen molar-refractivity contribution in [1.29, 1.82) is 0 Å². The highest BCUT2D eigenvalue weighted by Gasteiger charge is 2.20. The summed E-state index contributed by atoms with van der Waals surface area (Å²) in [5.74, 6) is 2.62. The summed E-state index contributed by atoms with van der Waals surface area (Å²) in [5.41, 5.74) is 0.714. The Morgan fingerprint density at radius 3 is 2.26 bits per heavy atom. The molecule has 0 radical (unpaired) electrons. The maximum Gasteiger partial charge on any atom is 0.204 e. The first-order valence-corrected chi connectivity index (χ1v) is 6.05. The third-order valence-corrected chi connectivity index (χ3v) is 3.20. The molecule has 0 amide bonds. The van der Waals surface area contributed by atoms with Gasteiger partial charge >= 0.3 is 0 Å². The predicted molar refractivity (Wildman–Crippen MR) is 73.3 cm³/mol. The molecule has 2 rings (SSSR count). The van der Waals surface area contributed by atoms with Gasteiger partial charge in [-0.15, -0.1) is 0 Å². The van der Waals surface area contributed by atoms with Crippen LogP contribution < -0.4 is 19.5 Å². The van der Waals surface area contributed by atoms with Gasteiger partial charge in [-0.2, -0.15) is 0 Å². The van der Waals surface area contributed by atoms with E-state index in [0.717, 1.165) is 11.1 Å². The van der Waals surface area contributed by atoms with Crippen molar-refractivity contribution in [2.24, 2.45) is 0 Å². The summed E-state index contributed by atoms with van der Waals surface area (Å²) in [4.78, 5) is 0. The number of hydrogen-bond donors (Lipinski definition) is 1. The third-order valence-electron chi connectivity index (χ3n) is 3.20. The van der Waals surface area contributed by atoms with Crippen molar-refractivity contribution in [3.05, 3.63) is 17.9 Å². The molecule has 0 fully saturated rings. The van der Waals surface area contributed by atoms with Gasteiger partial charge < -0.3 is 23.9 Å². The molecule has 0 spiro atoms. The van der Waals surface area contributed by atoms with Gasteiger partial charge in [0.25, 0.3) is 0 Å². The van der Waals surface area contributed by atoms with Crippen LogP contribution >= 0.6 is 0 Å². The summed E-state index contributed by atoms with van der Waals surface area (Å²) in [5, 5.41) is 4.01. The van der Waals surface area contributed by atoms with E-state index in [9.17, 15) is 0 Å². The van der Waals surface area contributed by atoms with Crippen LogP contribution in [-0.2, 0) is 0 Å². The van der Waals surface area contributed by atoms with Crippen LogP contribution in [0.5, 0.6) is 17.2 Å². The number of rotatable bonds is 5. The molecule has 0 aliphatic rings. The third kappa shape index (κ3) is 2.21. The van der Waals surface area contributed by atoms with Gasteiger partial charge in [-0.1, -0.05) is 0 Å². The smallest absolute Gasteiger partial charge is 0.204 e. The fourth-order valence-corrected chi connectivity index (χ4v) is 2.03. The summed E-state index contributed by atoms with van der Waals surface area (Å²) >= 11 is 0. The first kappa shape index (κ1) is 13.5. The summed E-state index contributed by atoms with van der Waals surface area (Å²) in [6, 6.07) is 3.88. The fourth-order valence-electron chi connectivity index (χ4n) is 2.03. The molecule has 104 valence electrons. The van der Waals surface area contributed by atoms with Crippen molar-refractivity contribution < 1.29 is 18.6 Å². The zero-order valence-corrected chi connectivity index (χ0v) is 11.9. The molecule has 1 heterocycles. The summed E-state index contributed by atoms with van der Waals surface area (Å²) in [6.07, 6.45) is 0. The zero-order valence-electron chi connectivity index (χ0n) is 11.9. The van der Waals surface area contributed by atoms with E-state index >= 15 is 0 Å². The lowest BCUT2D eigenvalue weighted by Gasteiger charge is -2.12. The van der Waals surface area contributed by atoms with Gasteiger partial charge in [0.05, 0.1) is 32.8 Å². The molecular weight excluding hydrogens is 246 g/mol. The summed E-state index contributed by atoms with van der Waals surface area (Å²) in [7, 11) is 6.66. The number of ether oxygens (including phenoxy) is 3. The average Bonchev–Trinajstić information content (AvgIpc) is 2.87. The van der Waals surface area contributed by atoms with Crippen molar-refractivity contribution in [3.63, 3.8) is 0 Å². The van der Waals surface area contributed by atoms with E-state index in [1.54, 1.807) is 21.3 Å². The van der Waals surface area contributed by atoms with E-state index in [-0.39, 0.29) is 6.04 Å². The van der Waals surface area contributed by atoms with E-state index in [2.05, 4.69) is 5.32 Å². The van der Waals surface area contributed by atoms with Gasteiger partial charge in [0, 0.05) is 6.07 Å². The number of hydrogen-bond acceptors (Lipinski definition) is 5. The van der Waals surface area contributed by atoms with Crippen molar-refractivity contribution in [2.45, 2.75) is 13.0 Å². The van der Waals surface area contributed by atoms with Gasteiger partial charge in [-0.05, 0) is 20.0 Å². The molecule has 1 N–H and O–H groups in total. The Balaban J connectivity index is 2.69. The van der Waals surface area contributed by atoms with Crippen molar-refractivity contribution >= 4 is 11.0 Å². The maximum atomic E-state index is 5.83. The van der Waals surface area contributed by atoms with Crippen molar-refractivity contribution in [2.75, 3.05) is 28.4 Å². The molecule has 1 atom stereocenters. The zero-order chi connectivity index (χ0) is 14.0. The molecule has 0 aliphatic heterocycles. The molecule has 5 nitrogen and oxygen atoms in total. The average molecular weight is 265 g/mol. The molecular formula is C14H19NO4. The Bertz CT molecular complexity index is 576. The van der Waals surface area contributed by atoms with Crippen LogP contribution in [0.3, 0.4) is 0 Å². The van der Waals surface area contributed by atoms with Crippen LogP contribution in [0.4, 0.5) is 0 Å². The molecule has 1 aromatic heterocycles. The molecule has 0 bridgehead atoms. The van der Waals surface area contributed by atoms with Gasteiger partial charge in [0.2, 0.25) is 5.75 Å². The quantitative estimate of drug-likeness (QED) is 0.900. The fraction of sp³-hybridized carbons (Fsp3) is 0.429. The monoisotopic (exact) mass is 265 g/mol. The Morgan fingerprint density at radius 2 is 1.74 bits per heavy atom. The number of benzene rings is 1. The van der Waals surface area contributed by atoms with E-state index in [1.807, 2.05) is 26.1 Å². The lowest BCUT2D eigenvalue weighted by molar-refractivity contribution is 0.326. The number of nitrogens with one attached hydrogen (secondary N) is 1. The van der Waals surface area contributed by atoms with Gasteiger partial charge in [-0.25, -0.2) is 0 Å². The minimum atomic E-state index is 0.120. The summed E-state index contributed by atoms with van der Waals surface area (Å²) in [6.45, 7) is 2.03. The van der Waals surface area contributed by atoms with Gasteiger partial charge in [-0.3, -0.25) is 0 Å². The SMILES string of the molecule is CNC(C)c1cc2c(OC)c(OC)c(OC)cc2o1. The molecule has 0 saturated heterocycles. The Hall–Kier alpha value is -1.88. The highest BCUT2D eigenvalue weighted by Crippen LogP contribution is 2.44. The standard InChI is InChI=1S/C14H19NO4/c1-8(15-2)10-6-9-11(19-10)7-12(16-3)14(18-5)13(9)17-4/h6-8,15H,1-5H3. The second kappa shape index (κ2) is 5.40. The Kier molecular flexibility index (Phi) is 3.85. The topological polar surface area (TPSA) is 52.9 Å². The van der Waals surface area contributed by atoms with E-state index in [0.29, 0.717) is 22.8 Å². The van der Waals surface area contributed by atoms with Gasteiger partial charge in [0.1, 0.15) is 11.3 Å². The number of methoxy groups -OCH3 is 3. The first-order valence-electron chi connectivity index (χ1n) is 6.05. The van der Waals surface area contributed by atoms with Crippen molar-refractivity contribution in [1.82, 2.24) is 5.32 Å². The maximum absolute atomic E-state index is 5.83. The lowest BCUT2D eigenvalue weighted by atomic mass is 10.2. The second-order valence-electron chi connectivity index (χ2n) is 4.22. The molecule has 19 heavy (non-hydrogen) atoms. The number of fused-ring (bicyclic) bond motifs is 1. The van der Waals surface area contributed by atoms with Crippen LogP contribution in [0.15, 0.2) is 16.5 Å². The van der Waals surface area contributed by atoms with E-state index < -0.39 is 0 Å². The van der Waals surface area contributed by atoms with Crippen LogP contribution in [0.2, 0.25) is 0 Å². The van der Waals surface area contributed by atoms with Crippen molar-refractivity contribution in [3.8, 4) is 17.2 Å². The Labute approximate surface area is 112 Å². The summed E-state index contributed by atoms with van der Waals surface area (Å²) < 4.78 is 21.9. The van der Waals surface area contributed by atoms with Crippen LogP contribution in [0, 0.1) is 0 Å². The number of furan rings is 1. The molecule has 0 saturated carbocycles. The van der Waals surface area contributed by atoms with Crippen LogP contribution in [0.25, 0.3) is 11.0 Å². The second-order valence-corrected chi connectivity index (χ2v) is 4.22. The van der Waals surface area contributed by atoms with Crippen LogP contribution in [-0.4, -0.2) is 28.4 Å². The minimum Gasteiger partial charge on any atom is -0.493 e. The van der Waals surface area contributed by atoms with E-state index in [1.165, 1.54) is 0 Å². The largest absolute Gasteiger partial charge is 0.493 e. The molecule has 1 unspecified atom stereocenters. The minimum absolute atomic E-state index is 0.120. The first-order chi connectivity index (χ1) is 9.15. The van der Waals surface area contributed by atoms with Gasteiger partial charge in [0.15, 0.2) is 11.5 Å². The lowest BCUT2D eigenvalue weighted by Crippen LogP contribution is -2.10. The van der Waals surface area contributed by atoms with E-state index in [4.69, 9.17) is 18.6 Å².